The predicted molar refractivity (Wildman–Crippen MR) is 141 cm³/mol. The number of benzene rings is 2. The summed E-state index contributed by atoms with van der Waals surface area (Å²) in [6.45, 7) is 8.22. The number of aliphatic imine (C=N–C) groups is 1. The van der Waals surface area contributed by atoms with Gasteiger partial charge in [-0.2, -0.15) is 0 Å². The van der Waals surface area contributed by atoms with Gasteiger partial charge in [0.15, 0.2) is 5.17 Å². The van der Waals surface area contributed by atoms with Gasteiger partial charge in [0.1, 0.15) is 11.5 Å². The lowest BCUT2D eigenvalue weighted by Gasteiger charge is -2.22. The molecule has 180 valence electrons. The normalized spacial score (nSPS) is 16.8. The maximum Gasteiger partial charge on any atom is 0.338 e. The number of furan rings is 1. The molecule has 0 radical (unpaired) electrons. The zero-order chi connectivity index (χ0) is 24.9. The van der Waals surface area contributed by atoms with Crippen molar-refractivity contribution in [1.82, 2.24) is 4.90 Å². The zero-order valence-corrected chi connectivity index (χ0v) is 21.1. The van der Waals surface area contributed by atoms with Gasteiger partial charge in [-0.15, -0.1) is 0 Å². The van der Waals surface area contributed by atoms with Crippen LogP contribution in [0.25, 0.3) is 17.4 Å². The van der Waals surface area contributed by atoms with E-state index in [1.54, 1.807) is 30.0 Å². The van der Waals surface area contributed by atoms with Crippen LogP contribution in [0.3, 0.4) is 0 Å². The van der Waals surface area contributed by atoms with Gasteiger partial charge < -0.3 is 9.15 Å². The third-order valence-corrected chi connectivity index (χ3v) is 6.69. The average molecular weight is 489 g/mol. The summed E-state index contributed by atoms with van der Waals surface area (Å²) in [5.41, 5.74) is 3.29. The van der Waals surface area contributed by atoms with Crippen molar-refractivity contribution in [1.29, 1.82) is 0 Å². The molecule has 2 aromatic carbocycles. The molecule has 6 nitrogen and oxygen atoms in total. The van der Waals surface area contributed by atoms with Crippen LogP contribution in [0.15, 0.2) is 75.0 Å². The fraction of sp³-hybridized carbons (Fsp3) is 0.250. The van der Waals surface area contributed by atoms with Crippen molar-refractivity contribution in [3.05, 3.63) is 82.5 Å². The van der Waals surface area contributed by atoms with Crippen molar-refractivity contribution in [2.75, 3.05) is 6.61 Å². The minimum absolute atomic E-state index is 0.0233. The molecule has 0 N–H and O–H groups in total. The molecule has 3 aromatic rings. The number of hydrogen-bond acceptors (Lipinski definition) is 6. The fourth-order valence-corrected chi connectivity index (χ4v) is 4.64. The maximum atomic E-state index is 13.3. The summed E-state index contributed by atoms with van der Waals surface area (Å²) in [7, 11) is 0. The Kier molecular flexibility index (Phi) is 7.56. The lowest BCUT2D eigenvalue weighted by molar-refractivity contribution is -0.123. The summed E-state index contributed by atoms with van der Waals surface area (Å²) in [5, 5.41) is 0.667. The van der Waals surface area contributed by atoms with Crippen LogP contribution in [0.4, 0.5) is 5.69 Å². The molecule has 1 fully saturated rings. The largest absolute Gasteiger partial charge is 0.462 e. The quantitative estimate of drug-likeness (QED) is 0.269. The number of aryl methyl sites for hydroxylation is 1. The highest BCUT2D eigenvalue weighted by Gasteiger charge is 2.36. The van der Waals surface area contributed by atoms with E-state index in [9.17, 15) is 9.59 Å². The molecular weight excluding hydrogens is 460 g/mol. The summed E-state index contributed by atoms with van der Waals surface area (Å²) in [4.78, 5) is 32.2. The Bertz CT molecular complexity index is 1270. The molecule has 1 aromatic heterocycles. The Hall–Kier alpha value is -3.58. The lowest BCUT2D eigenvalue weighted by atomic mass is 10.1. The van der Waals surface area contributed by atoms with Gasteiger partial charge in [-0.05, 0) is 75.4 Å². The third-order valence-electron chi connectivity index (χ3n) is 5.71. The third kappa shape index (κ3) is 5.57. The summed E-state index contributed by atoms with van der Waals surface area (Å²) >= 11 is 1.36. The van der Waals surface area contributed by atoms with Crippen molar-refractivity contribution in [2.45, 2.75) is 40.2 Å². The average Bonchev–Trinajstić information content (AvgIpc) is 3.45. The maximum absolute atomic E-state index is 13.3. The van der Waals surface area contributed by atoms with E-state index in [1.807, 2.05) is 62.4 Å². The summed E-state index contributed by atoms with van der Waals surface area (Å²) in [5.74, 6) is 0.794. The molecule has 7 heteroatoms. The Labute approximate surface area is 209 Å². The van der Waals surface area contributed by atoms with Crippen LogP contribution in [-0.4, -0.2) is 34.6 Å². The number of carbonyl (C=O) groups is 2. The molecule has 1 saturated heterocycles. The topological polar surface area (TPSA) is 72.1 Å². The van der Waals surface area contributed by atoms with Crippen molar-refractivity contribution in [3.8, 4) is 11.3 Å². The van der Waals surface area contributed by atoms with Crippen molar-refractivity contribution >= 4 is 40.6 Å². The minimum Gasteiger partial charge on any atom is -0.462 e. The van der Waals surface area contributed by atoms with E-state index in [0.29, 0.717) is 33.8 Å². The van der Waals surface area contributed by atoms with Crippen molar-refractivity contribution in [3.63, 3.8) is 0 Å². The van der Waals surface area contributed by atoms with Crippen LogP contribution in [0, 0.1) is 6.92 Å². The molecule has 1 atom stereocenters. The molecule has 4 rings (SSSR count). The van der Waals surface area contributed by atoms with E-state index in [1.165, 1.54) is 11.8 Å². The second-order valence-electron chi connectivity index (χ2n) is 8.27. The molecular formula is C28H28N2O4S. The van der Waals surface area contributed by atoms with E-state index in [2.05, 4.69) is 6.92 Å². The molecule has 1 aliphatic heterocycles. The number of esters is 1. The van der Waals surface area contributed by atoms with Gasteiger partial charge in [0, 0.05) is 17.7 Å². The monoisotopic (exact) mass is 488 g/mol. The van der Waals surface area contributed by atoms with Crippen LogP contribution in [-0.2, 0) is 9.53 Å². The second-order valence-corrected chi connectivity index (χ2v) is 9.28. The SMILES string of the molecule is CCOC(=O)c1ccc(-c2ccc(/C=C3/SC(=Nc4ccc(C)cc4)N([C@H](C)CC)C3=O)o2)cc1. The predicted octanol–water partition coefficient (Wildman–Crippen LogP) is 6.83. The number of ether oxygens (including phenoxy) is 1. The van der Waals surface area contributed by atoms with Crippen molar-refractivity contribution in [2.24, 2.45) is 4.99 Å². The van der Waals surface area contributed by atoms with Gasteiger partial charge in [0.2, 0.25) is 0 Å². The standard InChI is InChI=1S/C28H28N2O4S/c1-5-19(4)30-26(31)25(35-28(30)29-22-13-7-18(3)8-14-22)17-23-15-16-24(34-23)20-9-11-21(12-10-20)27(32)33-6-2/h7-17,19H,5-6H2,1-4H3/b25-17+,29-28?/t19-/m1/s1. The summed E-state index contributed by atoms with van der Waals surface area (Å²) in [6.07, 6.45) is 2.58. The number of carbonyl (C=O) groups excluding carboxylic acids is 2. The Morgan fingerprint density at radius 3 is 2.46 bits per heavy atom. The van der Waals surface area contributed by atoms with Crippen LogP contribution >= 0.6 is 11.8 Å². The second kappa shape index (κ2) is 10.8. The van der Waals surface area contributed by atoms with Gasteiger partial charge in [0.05, 0.1) is 22.8 Å². The molecule has 0 bridgehead atoms. The molecule has 2 heterocycles. The van der Waals surface area contributed by atoms with Gasteiger partial charge in [-0.25, -0.2) is 9.79 Å². The first-order valence-corrected chi connectivity index (χ1v) is 12.5. The lowest BCUT2D eigenvalue weighted by Crippen LogP contribution is -2.36. The number of amidine groups is 1. The summed E-state index contributed by atoms with van der Waals surface area (Å²) in [6, 6.07) is 18.7. The van der Waals surface area contributed by atoms with E-state index >= 15 is 0 Å². The van der Waals surface area contributed by atoms with E-state index in [-0.39, 0.29) is 17.9 Å². The number of hydrogen-bond donors (Lipinski definition) is 0. The van der Waals surface area contributed by atoms with Crippen LogP contribution in [0.5, 0.6) is 0 Å². The van der Waals surface area contributed by atoms with Crippen LogP contribution in [0.2, 0.25) is 0 Å². The zero-order valence-electron chi connectivity index (χ0n) is 20.3. The highest BCUT2D eigenvalue weighted by atomic mass is 32.2. The van der Waals surface area contributed by atoms with E-state index in [4.69, 9.17) is 14.1 Å². The molecule has 35 heavy (non-hydrogen) atoms. The van der Waals surface area contributed by atoms with Gasteiger partial charge in [-0.3, -0.25) is 9.69 Å². The first-order valence-electron chi connectivity index (χ1n) is 11.7. The Morgan fingerprint density at radius 2 is 1.80 bits per heavy atom. The van der Waals surface area contributed by atoms with Crippen LogP contribution < -0.4 is 0 Å². The molecule has 0 saturated carbocycles. The van der Waals surface area contributed by atoms with E-state index in [0.717, 1.165) is 23.2 Å². The summed E-state index contributed by atoms with van der Waals surface area (Å²) < 4.78 is 11.0. The fourth-order valence-electron chi connectivity index (χ4n) is 3.57. The first kappa shape index (κ1) is 24.5. The van der Waals surface area contributed by atoms with Crippen molar-refractivity contribution < 1.29 is 18.7 Å². The highest BCUT2D eigenvalue weighted by Crippen LogP contribution is 2.36. The Morgan fingerprint density at radius 1 is 1.09 bits per heavy atom. The number of rotatable bonds is 7. The van der Waals surface area contributed by atoms with Crippen LogP contribution in [0.1, 0.15) is 48.9 Å². The Balaban J connectivity index is 1.58. The smallest absolute Gasteiger partial charge is 0.338 e. The molecule has 1 aliphatic rings. The molecule has 0 aliphatic carbocycles. The molecule has 0 unspecified atom stereocenters. The minimum atomic E-state index is -0.352. The number of amides is 1. The van der Waals surface area contributed by atoms with Gasteiger partial charge >= 0.3 is 5.97 Å². The van der Waals surface area contributed by atoms with Gasteiger partial charge in [-0.1, -0.05) is 36.8 Å². The van der Waals surface area contributed by atoms with Gasteiger partial charge in [0.25, 0.3) is 5.91 Å². The first-order chi connectivity index (χ1) is 16.9. The van der Waals surface area contributed by atoms with E-state index < -0.39 is 0 Å². The number of thioether (sulfide) groups is 1. The highest BCUT2D eigenvalue weighted by molar-refractivity contribution is 8.18. The number of nitrogens with zero attached hydrogens (tertiary/aromatic N) is 2. The molecule has 0 spiro atoms. The molecule has 1 amide bonds.